The van der Waals surface area contributed by atoms with Gasteiger partial charge in [0.2, 0.25) is 11.8 Å². The molecule has 38 heavy (non-hydrogen) atoms. The van der Waals surface area contributed by atoms with Crippen LogP contribution in [0.25, 0.3) is 10.9 Å². The first-order valence-corrected chi connectivity index (χ1v) is 13.4. The van der Waals surface area contributed by atoms with E-state index in [-0.39, 0.29) is 36.9 Å². The lowest BCUT2D eigenvalue weighted by atomic mass is 9.79. The first-order chi connectivity index (χ1) is 18.0. The molecule has 0 bridgehead atoms. The van der Waals surface area contributed by atoms with Crippen LogP contribution in [0.15, 0.2) is 36.4 Å². The number of amides is 2. The van der Waals surface area contributed by atoms with Gasteiger partial charge >= 0.3 is 5.97 Å². The number of hydrogen-bond acceptors (Lipinski definition) is 3. The number of aromatic nitrogens is 1. The lowest BCUT2D eigenvalue weighted by molar-refractivity contribution is -0.149. The zero-order valence-corrected chi connectivity index (χ0v) is 22.7. The van der Waals surface area contributed by atoms with Crippen molar-refractivity contribution in [3.05, 3.63) is 69.1 Å². The van der Waals surface area contributed by atoms with E-state index in [4.69, 9.17) is 23.2 Å². The highest BCUT2D eigenvalue weighted by Crippen LogP contribution is 2.38. The minimum atomic E-state index is -1.56. The normalized spacial score (nSPS) is 18.4. The van der Waals surface area contributed by atoms with E-state index >= 15 is 0 Å². The number of benzene rings is 2. The van der Waals surface area contributed by atoms with E-state index in [1.165, 1.54) is 12.1 Å². The van der Waals surface area contributed by atoms with Gasteiger partial charge in [-0.25, -0.2) is 9.18 Å². The first-order valence-electron chi connectivity index (χ1n) is 12.6. The molecule has 2 amide bonds. The molecule has 0 radical (unpaired) electrons. The van der Waals surface area contributed by atoms with Crippen molar-refractivity contribution in [2.45, 2.75) is 64.0 Å². The van der Waals surface area contributed by atoms with Gasteiger partial charge in [-0.15, -0.1) is 0 Å². The van der Waals surface area contributed by atoms with Gasteiger partial charge < -0.3 is 20.7 Å². The maximum atomic E-state index is 13.5. The number of aliphatic carboxylic acids is 1. The van der Waals surface area contributed by atoms with Gasteiger partial charge in [-0.3, -0.25) is 9.59 Å². The van der Waals surface area contributed by atoms with Gasteiger partial charge in [-0.2, -0.15) is 0 Å². The molecule has 1 heterocycles. The Bertz CT molecular complexity index is 1370. The number of carboxylic acid groups (broad SMARTS) is 1. The van der Waals surface area contributed by atoms with E-state index in [1.54, 1.807) is 24.3 Å². The molecule has 0 aliphatic heterocycles. The lowest BCUT2D eigenvalue weighted by Crippen LogP contribution is -2.62. The Kier molecular flexibility index (Phi) is 8.33. The van der Waals surface area contributed by atoms with E-state index in [9.17, 15) is 23.9 Å². The van der Waals surface area contributed by atoms with Gasteiger partial charge in [-0.1, -0.05) is 55.6 Å². The summed E-state index contributed by atoms with van der Waals surface area (Å²) in [5.41, 5.74) is 1.54. The highest BCUT2D eigenvalue weighted by molar-refractivity contribution is 6.38. The standard InChI is InChI=1S/C28H30Cl2FN3O4/c1-3-15(2)24(33-23(35)9-6-16-4-7-18(31)8-5-16)26(36)34-28(27(37)38)11-10-22-20(14-28)19-12-17(29)13-21(30)25(19)32-22/h4-5,7-8,12-13,15,24,32H,3,6,9-11,14H2,1-2H3,(H,33,35)(H,34,36)(H,37,38). The predicted octanol–water partition coefficient (Wildman–Crippen LogP) is 5.21. The van der Waals surface area contributed by atoms with E-state index in [1.807, 2.05) is 13.8 Å². The van der Waals surface area contributed by atoms with Crippen LogP contribution in [0.4, 0.5) is 4.39 Å². The minimum Gasteiger partial charge on any atom is -0.479 e. The van der Waals surface area contributed by atoms with Gasteiger partial charge in [0.1, 0.15) is 17.4 Å². The first kappa shape index (κ1) is 27.9. The molecule has 4 rings (SSSR count). The second-order valence-electron chi connectivity index (χ2n) is 10.0. The summed E-state index contributed by atoms with van der Waals surface area (Å²) in [4.78, 5) is 42.1. The Labute approximate surface area is 230 Å². The predicted molar refractivity (Wildman–Crippen MR) is 145 cm³/mol. The Morgan fingerprint density at radius 2 is 1.89 bits per heavy atom. The monoisotopic (exact) mass is 561 g/mol. The fraction of sp³-hybridized carbons (Fsp3) is 0.393. The number of H-pyrrole nitrogens is 1. The molecule has 0 fully saturated rings. The maximum Gasteiger partial charge on any atom is 0.329 e. The van der Waals surface area contributed by atoms with Crippen molar-refractivity contribution >= 4 is 51.9 Å². The summed E-state index contributed by atoms with van der Waals surface area (Å²) in [6.45, 7) is 3.73. The summed E-state index contributed by atoms with van der Waals surface area (Å²) in [6.07, 6.45) is 1.70. The second kappa shape index (κ2) is 11.3. The zero-order chi connectivity index (χ0) is 27.6. The summed E-state index contributed by atoms with van der Waals surface area (Å²) >= 11 is 12.6. The fourth-order valence-corrected chi connectivity index (χ4v) is 5.52. The van der Waals surface area contributed by atoms with E-state index in [2.05, 4.69) is 15.6 Å². The minimum absolute atomic E-state index is 0.0474. The molecule has 202 valence electrons. The van der Waals surface area contributed by atoms with Gasteiger partial charge in [0.25, 0.3) is 0 Å². The van der Waals surface area contributed by atoms with Crippen LogP contribution in [-0.4, -0.2) is 39.5 Å². The molecular weight excluding hydrogens is 532 g/mol. The van der Waals surface area contributed by atoms with Crippen molar-refractivity contribution in [1.29, 1.82) is 0 Å². The molecule has 0 spiro atoms. The fourth-order valence-electron chi connectivity index (χ4n) is 4.98. The van der Waals surface area contributed by atoms with Gasteiger partial charge in [0.05, 0.1) is 10.5 Å². The number of carbonyl (C=O) groups excluding carboxylic acids is 2. The Morgan fingerprint density at radius 1 is 1.18 bits per heavy atom. The molecule has 10 heteroatoms. The molecule has 3 aromatic rings. The molecule has 1 aliphatic carbocycles. The van der Waals surface area contributed by atoms with E-state index < -0.39 is 23.5 Å². The molecule has 7 nitrogen and oxygen atoms in total. The maximum absolute atomic E-state index is 13.5. The smallest absolute Gasteiger partial charge is 0.329 e. The van der Waals surface area contributed by atoms with Crippen molar-refractivity contribution in [2.24, 2.45) is 5.92 Å². The second-order valence-corrected chi connectivity index (χ2v) is 10.8. The molecule has 2 aromatic carbocycles. The number of halogens is 3. The third kappa shape index (κ3) is 5.81. The molecule has 3 atom stereocenters. The quantitative estimate of drug-likeness (QED) is 0.287. The number of rotatable bonds is 9. The van der Waals surface area contributed by atoms with Crippen molar-refractivity contribution in [1.82, 2.24) is 15.6 Å². The van der Waals surface area contributed by atoms with E-state index in [0.29, 0.717) is 34.8 Å². The SMILES string of the molecule is CCC(C)C(NC(=O)CCc1ccc(F)cc1)C(=O)NC1(C(=O)O)CCc2[nH]c3c(Cl)cc(Cl)cc3c2C1. The van der Waals surface area contributed by atoms with Crippen LogP contribution in [0.3, 0.4) is 0 Å². The number of aryl methyl sites for hydroxylation is 2. The number of aromatic amines is 1. The van der Waals surface area contributed by atoms with Crippen molar-refractivity contribution in [3.63, 3.8) is 0 Å². The summed E-state index contributed by atoms with van der Waals surface area (Å²) in [5, 5.41) is 17.5. The molecule has 3 unspecified atom stereocenters. The summed E-state index contributed by atoms with van der Waals surface area (Å²) in [6, 6.07) is 8.33. The van der Waals surface area contributed by atoms with Crippen molar-refractivity contribution in [3.8, 4) is 0 Å². The largest absolute Gasteiger partial charge is 0.479 e. The molecule has 4 N–H and O–H groups in total. The van der Waals surface area contributed by atoms with Crippen LogP contribution >= 0.6 is 23.2 Å². The zero-order valence-electron chi connectivity index (χ0n) is 21.2. The molecule has 1 aromatic heterocycles. The third-order valence-corrected chi connectivity index (χ3v) is 7.95. The van der Waals surface area contributed by atoms with Crippen LogP contribution in [-0.2, 0) is 33.6 Å². The van der Waals surface area contributed by atoms with E-state index in [0.717, 1.165) is 22.2 Å². The van der Waals surface area contributed by atoms with Crippen LogP contribution < -0.4 is 10.6 Å². The molecular formula is C28H30Cl2FN3O4. The summed E-state index contributed by atoms with van der Waals surface area (Å²) in [5.74, 6) is -2.63. The van der Waals surface area contributed by atoms with Gasteiger partial charge in [-0.05, 0) is 60.6 Å². The van der Waals surface area contributed by atoms with Crippen molar-refractivity contribution < 1.29 is 23.9 Å². The third-order valence-electron chi connectivity index (χ3n) is 7.44. The number of carbonyl (C=O) groups is 3. The number of fused-ring (bicyclic) bond motifs is 3. The Balaban J connectivity index is 1.52. The topological polar surface area (TPSA) is 111 Å². The number of hydrogen-bond donors (Lipinski definition) is 4. The molecule has 0 saturated heterocycles. The molecule has 1 aliphatic rings. The number of carboxylic acids is 1. The van der Waals surface area contributed by atoms with Crippen molar-refractivity contribution in [2.75, 3.05) is 0 Å². The van der Waals surface area contributed by atoms with Crippen LogP contribution in [0.1, 0.15) is 49.9 Å². The summed E-state index contributed by atoms with van der Waals surface area (Å²) < 4.78 is 13.2. The Morgan fingerprint density at radius 3 is 2.55 bits per heavy atom. The number of nitrogens with one attached hydrogen (secondary N) is 3. The molecule has 0 saturated carbocycles. The van der Waals surface area contributed by atoms with Crippen LogP contribution in [0, 0.1) is 11.7 Å². The van der Waals surface area contributed by atoms with Crippen LogP contribution in [0.2, 0.25) is 10.0 Å². The Hall–Kier alpha value is -3.10. The van der Waals surface area contributed by atoms with Gasteiger partial charge in [0, 0.05) is 28.9 Å². The highest BCUT2D eigenvalue weighted by atomic mass is 35.5. The van der Waals surface area contributed by atoms with Crippen LogP contribution in [0.5, 0.6) is 0 Å². The highest BCUT2D eigenvalue weighted by Gasteiger charge is 2.45. The lowest BCUT2D eigenvalue weighted by Gasteiger charge is -2.36. The average Bonchev–Trinajstić information content (AvgIpc) is 3.24. The van der Waals surface area contributed by atoms with Gasteiger partial charge in [0.15, 0.2) is 0 Å². The average molecular weight is 562 g/mol. The summed E-state index contributed by atoms with van der Waals surface area (Å²) in [7, 11) is 0.